The highest BCUT2D eigenvalue weighted by Gasteiger charge is 2.04. The van der Waals surface area contributed by atoms with Crippen molar-refractivity contribution in [3.63, 3.8) is 0 Å². The van der Waals surface area contributed by atoms with Crippen molar-refractivity contribution < 1.29 is 4.52 Å². The Morgan fingerprint density at radius 3 is 2.93 bits per heavy atom. The van der Waals surface area contributed by atoms with Crippen molar-refractivity contribution in [2.45, 2.75) is 6.54 Å². The molecule has 0 unspecified atom stereocenters. The second-order valence-corrected chi connectivity index (χ2v) is 3.45. The van der Waals surface area contributed by atoms with Gasteiger partial charge in [0.25, 0.3) is 0 Å². The third kappa shape index (κ3) is 2.57. The van der Waals surface area contributed by atoms with Crippen molar-refractivity contribution in [1.82, 2.24) is 15.4 Å². The maximum atomic E-state index is 5.80. The van der Waals surface area contributed by atoms with Crippen LogP contribution in [0.3, 0.4) is 0 Å². The van der Waals surface area contributed by atoms with E-state index in [9.17, 15) is 0 Å². The van der Waals surface area contributed by atoms with Gasteiger partial charge in [0.2, 0.25) is 0 Å². The number of aromatic nitrogens is 3. The fourth-order valence-corrected chi connectivity index (χ4v) is 1.30. The number of nitrogens with one attached hydrogen (secondary N) is 1. The Hall–Kier alpha value is -1.33. The van der Waals surface area contributed by atoms with Gasteiger partial charge in [-0.25, -0.2) is 0 Å². The molecule has 15 heavy (non-hydrogen) atoms. The lowest BCUT2D eigenvalue weighted by molar-refractivity contribution is 0.388. The predicted molar refractivity (Wildman–Crippen MR) is 55.9 cm³/mol. The van der Waals surface area contributed by atoms with E-state index in [2.05, 4.69) is 20.7 Å². The van der Waals surface area contributed by atoms with Crippen LogP contribution in [0.1, 0.15) is 5.76 Å². The van der Waals surface area contributed by atoms with Crippen LogP contribution in [0, 0.1) is 0 Å². The standard InChI is InChI=1S/C8H6Cl2N4O/c9-7-3-6(8(10)14-13-7)11-4-5-1-2-12-15-5/h1-3H,4H2,(H,11,13). The highest BCUT2D eigenvalue weighted by molar-refractivity contribution is 6.33. The second-order valence-electron chi connectivity index (χ2n) is 2.70. The molecule has 2 rings (SSSR count). The van der Waals surface area contributed by atoms with Gasteiger partial charge in [0, 0.05) is 12.1 Å². The minimum absolute atomic E-state index is 0.263. The van der Waals surface area contributed by atoms with Crippen molar-refractivity contribution >= 4 is 28.9 Å². The van der Waals surface area contributed by atoms with E-state index in [4.69, 9.17) is 27.7 Å². The monoisotopic (exact) mass is 244 g/mol. The smallest absolute Gasteiger partial charge is 0.174 e. The van der Waals surface area contributed by atoms with Gasteiger partial charge < -0.3 is 9.84 Å². The van der Waals surface area contributed by atoms with Crippen molar-refractivity contribution in [3.05, 3.63) is 34.4 Å². The van der Waals surface area contributed by atoms with Gasteiger partial charge in [0.1, 0.15) is 0 Å². The quantitative estimate of drug-likeness (QED) is 0.899. The molecule has 0 saturated carbocycles. The normalized spacial score (nSPS) is 10.3. The number of rotatable bonds is 3. The molecular weight excluding hydrogens is 239 g/mol. The molecule has 0 aliphatic heterocycles. The van der Waals surface area contributed by atoms with Crippen LogP contribution in [0.5, 0.6) is 0 Å². The minimum atomic E-state index is 0.263. The summed E-state index contributed by atoms with van der Waals surface area (Å²) in [4.78, 5) is 0. The lowest BCUT2D eigenvalue weighted by Crippen LogP contribution is -2.00. The molecular formula is C8H6Cl2N4O. The molecule has 0 saturated heterocycles. The van der Waals surface area contributed by atoms with Crippen molar-refractivity contribution in [2.75, 3.05) is 5.32 Å². The number of hydrogen-bond donors (Lipinski definition) is 1. The first kappa shape index (κ1) is 10.2. The van der Waals surface area contributed by atoms with Crippen LogP contribution < -0.4 is 5.32 Å². The van der Waals surface area contributed by atoms with Gasteiger partial charge in [-0.1, -0.05) is 28.4 Å². The summed E-state index contributed by atoms with van der Waals surface area (Å²) >= 11 is 11.5. The van der Waals surface area contributed by atoms with E-state index in [0.717, 1.165) is 0 Å². The molecule has 2 aromatic rings. The maximum absolute atomic E-state index is 5.80. The zero-order valence-electron chi connectivity index (χ0n) is 7.44. The summed E-state index contributed by atoms with van der Waals surface area (Å²) in [5.74, 6) is 0.694. The first-order chi connectivity index (χ1) is 7.25. The zero-order valence-corrected chi connectivity index (χ0v) is 8.96. The maximum Gasteiger partial charge on any atom is 0.174 e. The van der Waals surface area contributed by atoms with E-state index in [0.29, 0.717) is 18.0 Å². The van der Waals surface area contributed by atoms with Gasteiger partial charge in [-0.2, -0.15) is 0 Å². The molecule has 78 valence electrons. The fourth-order valence-electron chi connectivity index (χ4n) is 0.993. The van der Waals surface area contributed by atoms with Crippen molar-refractivity contribution in [3.8, 4) is 0 Å². The van der Waals surface area contributed by atoms with Crippen LogP contribution in [0.15, 0.2) is 22.9 Å². The molecule has 0 aromatic carbocycles. The number of nitrogens with zero attached hydrogens (tertiary/aromatic N) is 3. The lowest BCUT2D eigenvalue weighted by atomic mass is 10.4. The zero-order chi connectivity index (χ0) is 10.7. The van der Waals surface area contributed by atoms with E-state index in [-0.39, 0.29) is 10.3 Å². The molecule has 1 N–H and O–H groups in total. The molecule has 0 atom stereocenters. The van der Waals surface area contributed by atoms with Crippen LogP contribution in [-0.2, 0) is 6.54 Å². The summed E-state index contributed by atoms with van der Waals surface area (Å²) < 4.78 is 4.90. The third-order valence-corrected chi connectivity index (χ3v) is 2.13. The average Bonchev–Trinajstić information content (AvgIpc) is 2.72. The van der Waals surface area contributed by atoms with Crippen LogP contribution in [0.4, 0.5) is 5.69 Å². The Labute approximate surface area is 95.4 Å². The van der Waals surface area contributed by atoms with Gasteiger partial charge in [-0.15, -0.1) is 10.2 Å². The molecule has 5 nitrogen and oxygen atoms in total. The third-order valence-electron chi connectivity index (χ3n) is 1.66. The average molecular weight is 245 g/mol. The molecule has 0 radical (unpaired) electrons. The predicted octanol–water partition coefficient (Wildman–Crippen LogP) is 2.38. The molecule has 2 aromatic heterocycles. The van der Waals surface area contributed by atoms with E-state index < -0.39 is 0 Å². The Morgan fingerprint density at radius 2 is 2.20 bits per heavy atom. The Morgan fingerprint density at radius 1 is 1.33 bits per heavy atom. The molecule has 0 aliphatic carbocycles. The largest absolute Gasteiger partial charge is 0.375 e. The van der Waals surface area contributed by atoms with Crippen LogP contribution >= 0.6 is 23.2 Å². The molecule has 0 amide bonds. The fraction of sp³-hybridized carbons (Fsp3) is 0.125. The highest BCUT2D eigenvalue weighted by atomic mass is 35.5. The van der Waals surface area contributed by atoms with Gasteiger partial charge >= 0.3 is 0 Å². The highest BCUT2D eigenvalue weighted by Crippen LogP contribution is 2.21. The molecule has 2 heterocycles. The Kier molecular flexibility index (Phi) is 3.03. The molecule has 0 spiro atoms. The Bertz CT molecular complexity index is 446. The second kappa shape index (κ2) is 4.46. The van der Waals surface area contributed by atoms with Gasteiger partial charge in [0.15, 0.2) is 16.1 Å². The summed E-state index contributed by atoms with van der Waals surface area (Å²) in [6.45, 7) is 0.460. The minimum Gasteiger partial charge on any atom is -0.375 e. The van der Waals surface area contributed by atoms with Crippen molar-refractivity contribution in [2.24, 2.45) is 0 Å². The van der Waals surface area contributed by atoms with Gasteiger partial charge in [-0.3, -0.25) is 0 Å². The summed E-state index contributed by atoms with van der Waals surface area (Å²) in [5.41, 5.74) is 0.605. The number of hydrogen-bond acceptors (Lipinski definition) is 5. The van der Waals surface area contributed by atoms with E-state index in [1.807, 2.05) is 0 Å². The van der Waals surface area contributed by atoms with Gasteiger partial charge in [-0.05, 0) is 0 Å². The first-order valence-corrected chi connectivity index (χ1v) is 4.83. The van der Waals surface area contributed by atoms with Crippen LogP contribution in [0.25, 0.3) is 0 Å². The summed E-state index contributed by atoms with van der Waals surface area (Å²) in [6.07, 6.45) is 1.57. The van der Waals surface area contributed by atoms with Crippen LogP contribution in [0.2, 0.25) is 10.3 Å². The molecule has 0 fully saturated rings. The summed E-state index contributed by atoms with van der Waals surface area (Å²) in [5, 5.41) is 14.4. The topological polar surface area (TPSA) is 63.8 Å². The van der Waals surface area contributed by atoms with Crippen molar-refractivity contribution in [1.29, 1.82) is 0 Å². The number of anilines is 1. The van der Waals surface area contributed by atoms with E-state index in [1.54, 1.807) is 18.3 Å². The molecule has 0 bridgehead atoms. The summed E-state index contributed by atoms with van der Waals surface area (Å²) in [6, 6.07) is 3.34. The SMILES string of the molecule is Clc1cc(NCc2ccno2)c(Cl)nn1. The van der Waals surface area contributed by atoms with E-state index >= 15 is 0 Å². The number of halogens is 2. The first-order valence-electron chi connectivity index (χ1n) is 4.08. The molecule has 0 aliphatic rings. The lowest BCUT2D eigenvalue weighted by Gasteiger charge is -2.04. The molecule has 7 heteroatoms. The van der Waals surface area contributed by atoms with Gasteiger partial charge in [0.05, 0.1) is 18.4 Å². The summed E-state index contributed by atoms with van der Waals surface area (Å²) in [7, 11) is 0. The Balaban J connectivity index is 2.07. The van der Waals surface area contributed by atoms with E-state index in [1.165, 1.54) is 0 Å². The van der Waals surface area contributed by atoms with Crippen LogP contribution in [-0.4, -0.2) is 15.4 Å².